The number of aromatic nitrogens is 1. The smallest absolute Gasteiger partial charge is 0.122 e. The Hall–Kier alpha value is -2.29. The standard InChI is InChI=1S/C16H18N2O/c1-2-4-14-11-15(17)6-7-16(14)19-10-8-13-5-3-9-18-12-13/h2-3,5-7,9,11-12H,1,4,8,10,17H2. The van der Waals surface area contributed by atoms with Gasteiger partial charge in [0.05, 0.1) is 6.61 Å². The number of allylic oxidation sites excluding steroid dienone is 1. The maximum Gasteiger partial charge on any atom is 0.122 e. The van der Waals surface area contributed by atoms with Crippen LogP contribution in [0.1, 0.15) is 11.1 Å². The molecule has 19 heavy (non-hydrogen) atoms. The van der Waals surface area contributed by atoms with E-state index in [2.05, 4.69) is 11.6 Å². The summed E-state index contributed by atoms with van der Waals surface area (Å²) in [6.07, 6.45) is 7.07. The maximum atomic E-state index is 5.82. The molecule has 3 nitrogen and oxygen atoms in total. The quantitative estimate of drug-likeness (QED) is 0.636. The Morgan fingerprint density at radius 3 is 2.95 bits per heavy atom. The predicted octanol–water partition coefficient (Wildman–Crippen LogP) is 3.01. The van der Waals surface area contributed by atoms with Crippen molar-refractivity contribution in [3.63, 3.8) is 0 Å². The Kier molecular flexibility index (Phi) is 4.56. The van der Waals surface area contributed by atoms with Crippen LogP contribution in [0.3, 0.4) is 0 Å². The van der Waals surface area contributed by atoms with Gasteiger partial charge in [-0.3, -0.25) is 4.98 Å². The Bertz CT molecular complexity index is 538. The first-order valence-corrected chi connectivity index (χ1v) is 6.30. The molecule has 0 aliphatic heterocycles. The van der Waals surface area contributed by atoms with E-state index in [1.807, 2.05) is 42.6 Å². The molecule has 98 valence electrons. The number of hydrogen-bond acceptors (Lipinski definition) is 3. The van der Waals surface area contributed by atoms with Gasteiger partial charge in [0.1, 0.15) is 5.75 Å². The van der Waals surface area contributed by atoms with Crippen molar-refractivity contribution in [2.24, 2.45) is 0 Å². The maximum absolute atomic E-state index is 5.82. The average molecular weight is 254 g/mol. The summed E-state index contributed by atoms with van der Waals surface area (Å²) >= 11 is 0. The van der Waals surface area contributed by atoms with E-state index >= 15 is 0 Å². The first-order chi connectivity index (χ1) is 9.29. The molecular weight excluding hydrogens is 236 g/mol. The van der Waals surface area contributed by atoms with Gasteiger partial charge in [-0.05, 0) is 41.8 Å². The lowest BCUT2D eigenvalue weighted by Gasteiger charge is -2.11. The zero-order valence-corrected chi connectivity index (χ0v) is 10.9. The summed E-state index contributed by atoms with van der Waals surface area (Å²) in [5.74, 6) is 0.873. The fraction of sp³-hybridized carbons (Fsp3) is 0.188. The number of benzene rings is 1. The van der Waals surface area contributed by atoms with Crippen LogP contribution < -0.4 is 10.5 Å². The third-order valence-corrected chi connectivity index (χ3v) is 2.82. The summed E-state index contributed by atoms with van der Waals surface area (Å²) in [5, 5.41) is 0. The van der Waals surface area contributed by atoms with Crippen LogP contribution >= 0.6 is 0 Å². The number of anilines is 1. The van der Waals surface area contributed by atoms with Crippen LogP contribution in [-0.2, 0) is 12.8 Å². The molecule has 1 aromatic heterocycles. The number of nitrogen functional groups attached to an aromatic ring is 1. The first kappa shape index (κ1) is 13.1. The fourth-order valence-corrected chi connectivity index (χ4v) is 1.88. The van der Waals surface area contributed by atoms with Crippen molar-refractivity contribution in [1.82, 2.24) is 4.98 Å². The molecule has 0 radical (unpaired) electrons. The lowest BCUT2D eigenvalue weighted by atomic mass is 10.1. The largest absolute Gasteiger partial charge is 0.493 e. The van der Waals surface area contributed by atoms with E-state index in [0.29, 0.717) is 6.61 Å². The third kappa shape index (κ3) is 3.85. The molecule has 0 saturated carbocycles. The van der Waals surface area contributed by atoms with Gasteiger partial charge in [0, 0.05) is 24.5 Å². The van der Waals surface area contributed by atoms with Gasteiger partial charge in [0.15, 0.2) is 0 Å². The Balaban J connectivity index is 1.97. The lowest BCUT2D eigenvalue weighted by Crippen LogP contribution is -2.04. The predicted molar refractivity (Wildman–Crippen MR) is 78.2 cm³/mol. The van der Waals surface area contributed by atoms with Crippen LogP contribution in [0.5, 0.6) is 5.75 Å². The molecule has 0 fully saturated rings. The highest BCUT2D eigenvalue weighted by molar-refractivity contribution is 5.48. The van der Waals surface area contributed by atoms with Gasteiger partial charge >= 0.3 is 0 Å². The summed E-state index contributed by atoms with van der Waals surface area (Å²) in [7, 11) is 0. The topological polar surface area (TPSA) is 48.1 Å². The summed E-state index contributed by atoms with van der Waals surface area (Å²) in [6, 6.07) is 9.68. The molecule has 3 heteroatoms. The highest BCUT2D eigenvalue weighted by Gasteiger charge is 2.03. The van der Waals surface area contributed by atoms with Crippen molar-refractivity contribution >= 4 is 5.69 Å². The molecule has 2 N–H and O–H groups in total. The second-order valence-electron chi connectivity index (χ2n) is 4.32. The number of nitrogens with zero attached hydrogens (tertiary/aromatic N) is 1. The fourth-order valence-electron chi connectivity index (χ4n) is 1.88. The van der Waals surface area contributed by atoms with Crippen LogP contribution in [0.4, 0.5) is 5.69 Å². The molecule has 0 aliphatic rings. The summed E-state index contributed by atoms with van der Waals surface area (Å²) < 4.78 is 5.82. The van der Waals surface area contributed by atoms with E-state index in [9.17, 15) is 0 Å². The number of pyridine rings is 1. The minimum Gasteiger partial charge on any atom is -0.493 e. The van der Waals surface area contributed by atoms with Crippen LogP contribution in [0.15, 0.2) is 55.4 Å². The zero-order valence-electron chi connectivity index (χ0n) is 10.9. The van der Waals surface area contributed by atoms with Crippen LogP contribution in [0.25, 0.3) is 0 Å². The van der Waals surface area contributed by atoms with Gasteiger partial charge in [0.25, 0.3) is 0 Å². The number of nitrogens with two attached hydrogens (primary N) is 1. The van der Waals surface area contributed by atoms with E-state index in [-0.39, 0.29) is 0 Å². The molecule has 0 amide bonds. The lowest BCUT2D eigenvalue weighted by molar-refractivity contribution is 0.319. The van der Waals surface area contributed by atoms with Crippen LogP contribution in [-0.4, -0.2) is 11.6 Å². The minimum atomic E-state index is 0.625. The Labute approximate surface area is 113 Å². The van der Waals surface area contributed by atoms with Crippen LogP contribution in [0.2, 0.25) is 0 Å². The summed E-state index contributed by atoms with van der Waals surface area (Å²) in [6.45, 7) is 4.37. The molecule has 0 atom stereocenters. The summed E-state index contributed by atoms with van der Waals surface area (Å²) in [4.78, 5) is 4.08. The zero-order chi connectivity index (χ0) is 13.5. The molecule has 0 unspecified atom stereocenters. The van der Waals surface area contributed by atoms with Gasteiger partial charge in [-0.2, -0.15) is 0 Å². The molecule has 0 aliphatic carbocycles. The third-order valence-electron chi connectivity index (χ3n) is 2.82. The van der Waals surface area contributed by atoms with Gasteiger partial charge in [0.2, 0.25) is 0 Å². The molecule has 1 aromatic carbocycles. The van der Waals surface area contributed by atoms with Crippen molar-refractivity contribution in [3.8, 4) is 5.75 Å². The highest BCUT2D eigenvalue weighted by atomic mass is 16.5. The SMILES string of the molecule is C=CCc1cc(N)ccc1OCCc1cccnc1. The molecular formula is C16H18N2O. The van der Waals surface area contributed by atoms with E-state index in [1.165, 1.54) is 5.56 Å². The van der Waals surface area contributed by atoms with Crippen molar-refractivity contribution in [2.45, 2.75) is 12.8 Å². The van der Waals surface area contributed by atoms with E-state index < -0.39 is 0 Å². The molecule has 0 spiro atoms. The van der Waals surface area contributed by atoms with Crippen molar-refractivity contribution in [2.75, 3.05) is 12.3 Å². The number of ether oxygens (including phenoxy) is 1. The average Bonchev–Trinajstić information content (AvgIpc) is 2.43. The van der Waals surface area contributed by atoms with Crippen molar-refractivity contribution < 1.29 is 4.74 Å². The molecule has 1 heterocycles. The number of rotatable bonds is 6. The number of hydrogen-bond donors (Lipinski definition) is 1. The van der Waals surface area contributed by atoms with E-state index in [4.69, 9.17) is 10.5 Å². The normalized spacial score (nSPS) is 10.1. The Morgan fingerprint density at radius 1 is 1.32 bits per heavy atom. The second-order valence-corrected chi connectivity index (χ2v) is 4.32. The van der Waals surface area contributed by atoms with Crippen LogP contribution in [0, 0.1) is 0 Å². The molecule has 2 rings (SSSR count). The monoisotopic (exact) mass is 254 g/mol. The summed E-state index contributed by atoms with van der Waals surface area (Å²) in [5.41, 5.74) is 8.77. The van der Waals surface area contributed by atoms with E-state index in [1.54, 1.807) is 6.20 Å². The van der Waals surface area contributed by atoms with Crippen molar-refractivity contribution in [3.05, 3.63) is 66.5 Å². The van der Waals surface area contributed by atoms with Gasteiger partial charge in [-0.25, -0.2) is 0 Å². The van der Waals surface area contributed by atoms with Gasteiger partial charge in [-0.15, -0.1) is 6.58 Å². The highest BCUT2D eigenvalue weighted by Crippen LogP contribution is 2.22. The van der Waals surface area contributed by atoms with Gasteiger partial charge < -0.3 is 10.5 Å². The Morgan fingerprint density at radius 2 is 2.21 bits per heavy atom. The molecule has 0 saturated heterocycles. The van der Waals surface area contributed by atoms with Crippen molar-refractivity contribution in [1.29, 1.82) is 0 Å². The van der Waals surface area contributed by atoms with E-state index in [0.717, 1.165) is 29.8 Å². The molecule has 0 bridgehead atoms. The molecule has 2 aromatic rings. The van der Waals surface area contributed by atoms with Gasteiger partial charge in [-0.1, -0.05) is 12.1 Å². The first-order valence-electron chi connectivity index (χ1n) is 6.30. The minimum absolute atomic E-state index is 0.625. The second kappa shape index (κ2) is 6.59.